The molecule has 2 aromatic carbocycles. The zero-order chi connectivity index (χ0) is 25.5. The van der Waals surface area contributed by atoms with Crippen LogP contribution in [0.3, 0.4) is 0 Å². The van der Waals surface area contributed by atoms with Crippen molar-refractivity contribution < 1.29 is 18.8 Å². The van der Waals surface area contributed by atoms with Gasteiger partial charge in [-0.3, -0.25) is 0 Å². The third-order valence-corrected chi connectivity index (χ3v) is 8.45. The van der Waals surface area contributed by atoms with E-state index in [0.717, 1.165) is 11.0 Å². The number of fused-ring (bicyclic) bond motifs is 3. The van der Waals surface area contributed by atoms with Crippen molar-refractivity contribution >= 4 is 30.6 Å². The molecule has 1 amide bonds. The lowest BCUT2D eigenvalue weighted by atomic mass is 9.77. The molecular formula is C29H32BNO4S. The molecule has 2 aliphatic rings. The van der Waals surface area contributed by atoms with Gasteiger partial charge in [-0.05, 0) is 84.2 Å². The van der Waals surface area contributed by atoms with Crippen LogP contribution in [0.25, 0.3) is 17.2 Å². The molecule has 0 atom stereocenters. The van der Waals surface area contributed by atoms with E-state index in [1.807, 2.05) is 52.0 Å². The number of hydrogen-bond acceptors (Lipinski definition) is 5. The van der Waals surface area contributed by atoms with E-state index >= 15 is 0 Å². The molecule has 0 bridgehead atoms. The standard InChI is InChI=1S/C29H32BNO4S/c1-19-17-36-18-20(19)14-21(30-34-28(2,3)29(4,5)35-30)15-31-27(32)33-16-26-24-12-8-6-10-22(24)23-11-7-9-13-25(23)26/h6-14,17-18,26H,15-16H2,1-5H3,(H,31,32). The van der Waals surface area contributed by atoms with Gasteiger partial charge in [0.1, 0.15) is 6.61 Å². The van der Waals surface area contributed by atoms with Crippen LogP contribution in [0.4, 0.5) is 4.79 Å². The molecule has 0 saturated carbocycles. The Morgan fingerprint density at radius 2 is 1.58 bits per heavy atom. The molecule has 0 spiro atoms. The van der Waals surface area contributed by atoms with Crippen molar-refractivity contribution in [2.75, 3.05) is 13.2 Å². The van der Waals surface area contributed by atoms with Crippen LogP contribution in [0.15, 0.2) is 64.8 Å². The molecule has 0 unspecified atom stereocenters. The SMILES string of the molecule is Cc1cscc1C=C(CNC(=O)OCC1c2ccccc2-c2ccccc21)B1OC(C)(C)C(C)(C)O1. The minimum Gasteiger partial charge on any atom is -0.449 e. The zero-order valence-electron chi connectivity index (χ0n) is 21.5. The van der Waals surface area contributed by atoms with Crippen molar-refractivity contribution in [1.29, 1.82) is 0 Å². The van der Waals surface area contributed by atoms with Gasteiger partial charge in [-0.15, -0.1) is 0 Å². The average molecular weight is 501 g/mol. The summed E-state index contributed by atoms with van der Waals surface area (Å²) in [6.07, 6.45) is 1.60. The van der Waals surface area contributed by atoms with Crippen molar-refractivity contribution in [2.45, 2.75) is 51.7 Å². The molecule has 1 aliphatic carbocycles. The van der Waals surface area contributed by atoms with E-state index in [1.54, 1.807) is 11.3 Å². The maximum Gasteiger partial charge on any atom is 0.492 e. The Kier molecular flexibility index (Phi) is 6.58. The first-order valence-electron chi connectivity index (χ1n) is 12.3. The van der Waals surface area contributed by atoms with Gasteiger partial charge in [-0.2, -0.15) is 11.3 Å². The number of alkyl carbamates (subject to hydrolysis) is 1. The minimum absolute atomic E-state index is 0.0229. The number of hydrogen-bond donors (Lipinski definition) is 1. The molecule has 1 N–H and O–H groups in total. The van der Waals surface area contributed by atoms with E-state index in [9.17, 15) is 4.79 Å². The molecule has 2 heterocycles. The van der Waals surface area contributed by atoms with Crippen LogP contribution in [0.5, 0.6) is 0 Å². The molecule has 5 rings (SSSR count). The van der Waals surface area contributed by atoms with E-state index in [2.05, 4.69) is 53.3 Å². The second-order valence-corrected chi connectivity index (χ2v) is 11.2. The summed E-state index contributed by atoms with van der Waals surface area (Å²) in [5.41, 5.74) is 6.99. The molecule has 5 nitrogen and oxygen atoms in total. The van der Waals surface area contributed by atoms with Crippen molar-refractivity contribution in [1.82, 2.24) is 5.32 Å². The van der Waals surface area contributed by atoms with E-state index < -0.39 is 24.4 Å². The second-order valence-electron chi connectivity index (χ2n) is 10.5. The fraction of sp³-hybridized carbons (Fsp3) is 0.345. The first-order chi connectivity index (χ1) is 17.2. The highest BCUT2D eigenvalue weighted by molar-refractivity contribution is 7.08. The van der Waals surface area contributed by atoms with Gasteiger partial charge < -0.3 is 19.4 Å². The van der Waals surface area contributed by atoms with Crippen molar-refractivity contribution in [3.8, 4) is 11.1 Å². The van der Waals surface area contributed by atoms with Crippen molar-refractivity contribution in [3.05, 3.63) is 87.0 Å². The Balaban J connectivity index is 1.28. The molecule has 1 saturated heterocycles. The monoisotopic (exact) mass is 501 g/mol. The number of ether oxygens (including phenoxy) is 1. The highest BCUT2D eigenvalue weighted by Gasteiger charge is 2.52. The fourth-order valence-corrected chi connectivity index (χ4v) is 5.55. The normalized spacial score (nSPS) is 18.1. The molecular weight excluding hydrogens is 469 g/mol. The summed E-state index contributed by atoms with van der Waals surface area (Å²) in [5.74, 6) is 0.0229. The third-order valence-electron chi connectivity index (χ3n) is 7.57. The Morgan fingerprint density at radius 1 is 1.00 bits per heavy atom. The number of amides is 1. The van der Waals surface area contributed by atoms with Crippen LogP contribution in [0, 0.1) is 6.92 Å². The van der Waals surface area contributed by atoms with Gasteiger partial charge in [-0.25, -0.2) is 4.79 Å². The van der Waals surface area contributed by atoms with Gasteiger partial charge in [0.25, 0.3) is 0 Å². The smallest absolute Gasteiger partial charge is 0.449 e. The number of carbonyl (C=O) groups is 1. The summed E-state index contributed by atoms with van der Waals surface area (Å²) in [7, 11) is -0.553. The van der Waals surface area contributed by atoms with E-state index in [1.165, 1.54) is 27.8 Å². The largest absolute Gasteiger partial charge is 0.492 e. The number of carbonyl (C=O) groups excluding carboxylic acids is 1. The van der Waals surface area contributed by atoms with E-state index in [4.69, 9.17) is 14.0 Å². The average Bonchev–Trinajstić information content (AvgIpc) is 3.46. The summed E-state index contributed by atoms with van der Waals surface area (Å²) in [4.78, 5) is 12.8. The third kappa shape index (κ3) is 4.63. The van der Waals surface area contributed by atoms with Crippen molar-refractivity contribution in [3.63, 3.8) is 0 Å². The predicted molar refractivity (Wildman–Crippen MR) is 146 cm³/mol. The Labute approximate surface area is 217 Å². The van der Waals surface area contributed by atoms with Gasteiger partial charge in [-0.1, -0.05) is 54.6 Å². The first-order valence-corrected chi connectivity index (χ1v) is 13.3. The zero-order valence-corrected chi connectivity index (χ0v) is 22.3. The topological polar surface area (TPSA) is 56.8 Å². The molecule has 0 radical (unpaired) electrons. The highest BCUT2D eigenvalue weighted by Crippen LogP contribution is 2.44. The first kappa shape index (κ1) is 24.8. The Morgan fingerprint density at radius 3 is 2.14 bits per heavy atom. The van der Waals surface area contributed by atoms with Gasteiger partial charge in [0.15, 0.2) is 0 Å². The van der Waals surface area contributed by atoms with Crippen LogP contribution in [0.1, 0.15) is 55.9 Å². The molecule has 36 heavy (non-hydrogen) atoms. The number of nitrogens with one attached hydrogen (secondary N) is 1. The Hall–Kier alpha value is -2.87. The highest BCUT2D eigenvalue weighted by atomic mass is 32.1. The van der Waals surface area contributed by atoms with E-state index in [-0.39, 0.29) is 19.1 Å². The number of aryl methyl sites for hydroxylation is 1. The number of rotatable bonds is 6. The fourth-order valence-electron chi connectivity index (χ4n) is 4.74. The predicted octanol–water partition coefficient (Wildman–Crippen LogP) is 6.61. The summed E-state index contributed by atoms with van der Waals surface area (Å²) in [6.45, 7) is 10.7. The van der Waals surface area contributed by atoms with Gasteiger partial charge in [0, 0.05) is 12.5 Å². The van der Waals surface area contributed by atoms with Crippen LogP contribution < -0.4 is 5.32 Å². The number of thiophene rings is 1. The van der Waals surface area contributed by atoms with Gasteiger partial charge in [0.2, 0.25) is 0 Å². The molecule has 7 heteroatoms. The van der Waals surface area contributed by atoms with Crippen LogP contribution in [-0.4, -0.2) is 37.6 Å². The lowest BCUT2D eigenvalue weighted by Crippen LogP contribution is -2.41. The van der Waals surface area contributed by atoms with Crippen LogP contribution in [-0.2, 0) is 14.0 Å². The summed E-state index contributed by atoms with van der Waals surface area (Å²) >= 11 is 1.65. The summed E-state index contributed by atoms with van der Waals surface area (Å²) in [5, 5.41) is 7.13. The number of benzene rings is 2. The summed E-state index contributed by atoms with van der Waals surface area (Å²) < 4.78 is 18.3. The van der Waals surface area contributed by atoms with Crippen LogP contribution in [0.2, 0.25) is 0 Å². The van der Waals surface area contributed by atoms with Crippen molar-refractivity contribution in [2.24, 2.45) is 0 Å². The van der Waals surface area contributed by atoms with Gasteiger partial charge in [0.05, 0.1) is 11.2 Å². The van der Waals surface area contributed by atoms with Crippen LogP contribution >= 0.6 is 11.3 Å². The lowest BCUT2D eigenvalue weighted by molar-refractivity contribution is 0.00578. The lowest BCUT2D eigenvalue weighted by Gasteiger charge is -2.32. The Bertz CT molecular complexity index is 1250. The maximum absolute atomic E-state index is 12.8. The molecule has 1 fully saturated rings. The second kappa shape index (κ2) is 9.54. The quantitative estimate of drug-likeness (QED) is 0.386. The van der Waals surface area contributed by atoms with Gasteiger partial charge >= 0.3 is 13.2 Å². The summed E-state index contributed by atoms with van der Waals surface area (Å²) in [6, 6.07) is 16.6. The molecule has 186 valence electrons. The van der Waals surface area contributed by atoms with E-state index in [0.29, 0.717) is 0 Å². The molecule has 1 aromatic heterocycles. The minimum atomic E-state index is -0.553. The maximum atomic E-state index is 12.8. The molecule has 1 aliphatic heterocycles. The molecule has 3 aromatic rings.